The molecule has 0 saturated carbocycles. The first kappa shape index (κ1) is 10.7. The Bertz CT molecular complexity index is 531. The van der Waals surface area contributed by atoms with E-state index in [9.17, 15) is 9.18 Å². The molecule has 84 valence electrons. The van der Waals surface area contributed by atoms with E-state index in [2.05, 4.69) is 0 Å². The van der Waals surface area contributed by atoms with Crippen LogP contribution in [0.5, 0.6) is 0 Å². The third-order valence-electron chi connectivity index (χ3n) is 2.56. The maximum absolute atomic E-state index is 13.4. The molecule has 0 bridgehead atoms. The van der Waals surface area contributed by atoms with Gasteiger partial charge in [0.1, 0.15) is 12.4 Å². The number of nitrogens with zero attached hydrogens (tertiary/aromatic N) is 2. The summed E-state index contributed by atoms with van der Waals surface area (Å²) in [6, 6.07) is 6.56. The van der Waals surface area contributed by atoms with Crippen LogP contribution in [0.25, 0.3) is 10.9 Å². The van der Waals surface area contributed by atoms with Crippen molar-refractivity contribution < 1.29 is 9.18 Å². The highest BCUT2D eigenvalue weighted by atomic mass is 19.1. The number of carbonyl (C=O) groups excluding carboxylic acids is 1. The van der Waals surface area contributed by atoms with Crippen molar-refractivity contribution in [1.82, 2.24) is 9.47 Å². The lowest BCUT2D eigenvalue weighted by Crippen LogP contribution is -2.25. The summed E-state index contributed by atoms with van der Waals surface area (Å²) < 4.78 is 15.1. The molecular weight excluding hydrogens is 207 g/mol. The Hall–Kier alpha value is -1.84. The van der Waals surface area contributed by atoms with Gasteiger partial charge >= 0.3 is 0 Å². The largest absolute Gasteiger partial charge is 0.347 e. The first-order chi connectivity index (χ1) is 7.59. The minimum Gasteiger partial charge on any atom is -0.347 e. The fraction of sp³-hybridized carbons (Fsp3) is 0.250. The number of carbonyl (C=O) groups is 1. The van der Waals surface area contributed by atoms with Gasteiger partial charge < -0.3 is 9.47 Å². The van der Waals surface area contributed by atoms with Gasteiger partial charge in [-0.1, -0.05) is 6.07 Å². The molecule has 0 unspecified atom stereocenters. The Morgan fingerprint density at radius 3 is 2.81 bits per heavy atom. The van der Waals surface area contributed by atoms with E-state index in [0.717, 1.165) is 5.52 Å². The number of halogens is 1. The van der Waals surface area contributed by atoms with Crippen LogP contribution in [0, 0.1) is 5.82 Å². The molecule has 0 atom stereocenters. The van der Waals surface area contributed by atoms with Crippen LogP contribution < -0.4 is 0 Å². The lowest BCUT2D eigenvalue weighted by molar-refractivity contribution is -0.129. The van der Waals surface area contributed by atoms with Crippen LogP contribution in [0.3, 0.4) is 0 Å². The van der Waals surface area contributed by atoms with E-state index in [0.29, 0.717) is 5.39 Å². The minimum absolute atomic E-state index is 0.0123. The van der Waals surface area contributed by atoms with Crippen molar-refractivity contribution in [2.75, 3.05) is 14.1 Å². The normalized spacial score (nSPS) is 10.7. The average molecular weight is 220 g/mol. The molecule has 0 spiro atoms. The molecule has 0 fully saturated rings. The molecule has 2 rings (SSSR count). The smallest absolute Gasteiger partial charge is 0.241 e. The van der Waals surface area contributed by atoms with Crippen molar-refractivity contribution in [1.29, 1.82) is 0 Å². The second kappa shape index (κ2) is 3.96. The second-order valence-electron chi connectivity index (χ2n) is 3.90. The summed E-state index contributed by atoms with van der Waals surface area (Å²) in [5, 5.41) is 0.550. The molecule has 0 aliphatic rings. The van der Waals surface area contributed by atoms with Crippen LogP contribution >= 0.6 is 0 Å². The molecule has 1 aromatic carbocycles. The van der Waals surface area contributed by atoms with E-state index in [1.165, 1.54) is 11.0 Å². The van der Waals surface area contributed by atoms with Gasteiger partial charge in [-0.2, -0.15) is 0 Å². The average Bonchev–Trinajstić information content (AvgIpc) is 2.63. The van der Waals surface area contributed by atoms with Crippen LogP contribution in [0.2, 0.25) is 0 Å². The predicted molar refractivity (Wildman–Crippen MR) is 60.6 cm³/mol. The van der Waals surface area contributed by atoms with Crippen molar-refractivity contribution in [2.45, 2.75) is 6.54 Å². The highest BCUT2D eigenvalue weighted by molar-refractivity contribution is 5.83. The van der Waals surface area contributed by atoms with E-state index >= 15 is 0 Å². The number of hydrogen-bond donors (Lipinski definition) is 0. The van der Waals surface area contributed by atoms with Gasteiger partial charge in [-0.3, -0.25) is 4.79 Å². The molecule has 16 heavy (non-hydrogen) atoms. The van der Waals surface area contributed by atoms with Crippen molar-refractivity contribution in [3.63, 3.8) is 0 Å². The van der Waals surface area contributed by atoms with E-state index in [4.69, 9.17) is 0 Å². The van der Waals surface area contributed by atoms with Crippen molar-refractivity contribution in [2.24, 2.45) is 0 Å². The van der Waals surface area contributed by atoms with Gasteiger partial charge in [-0.25, -0.2) is 4.39 Å². The van der Waals surface area contributed by atoms with Gasteiger partial charge in [0.2, 0.25) is 5.91 Å². The van der Waals surface area contributed by atoms with Gasteiger partial charge in [0, 0.05) is 25.7 Å². The minimum atomic E-state index is -0.256. The van der Waals surface area contributed by atoms with E-state index in [1.54, 1.807) is 43.1 Å². The third kappa shape index (κ3) is 1.78. The standard InChI is InChI=1S/C12H13FN2O/c1-14(2)12(16)8-15-7-6-9-10(13)4-3-5-11(9)15/h3-7H,8H2,1-2H3. The lowest BCUT2D eigenvalue weighted by atomic mass is 10.2. The molecule has 1 aromatic heterocycles. The maximum atomic E-state index is 13.4. The number of hydrogen-bond acceptors (Lipinski definition) is 1. The summed E-state index contributed by atoms with van der Waals surface area (Å²) in [4.78, 5) is 13.1. The number of likely N-dealkylation sites (N-methyl/N-ethyl adjacent to an activating group) is 1. The van der Waals surface area contributed by atoms with Gasteiger partial charge in [0.05, 0.1) is 5.52 Å². The third-order valence-corrected chi connectivity index (χ3v) is 2.56. The lowest BCUT2D eigenvalue weighted by Gasteiger charge is -2.11. The zero-order valence-corrected chi connectivity index (χ0v) is 9.27. The van der Waals surface area contributed by atoms with Crippen LogP contribution in [0.15, 0.2) is 30.5 Å². The molecule has 4 heteroatoms. The number of aromatic nitrogens is 1. The number of amides is 1. The van der Waals surface area contributed by atoms with Gasteiger partial charge in [0.15, 0.2) is 0 Å². The monoisotopic (exact) mass is 220 g/mol. The van der Waals surface area contributed by atoms with Crippen LogP contribution in [0.1, 0.15) is 0 Å². The van der Waals surface area contributed by atoms with Crippen molar-refractivity contribution >= 4 is 16.8 Å². The van der Waals surface area contributed by atoms with E-state index in [1.807, 2.05) is 0 Å². The van der Waals surface area contributed by atoms with Gasteiger partial charge in [-0.05, 0) is 18.2 Å². The Morgan fingerprint density at radius 2 is 2.12 bits per heavy atom. The quantitative estimate of drug-likeness (QED) is 0.758. The Kier molecular flexibility index (Phi) is 2.64. The van der Waals surface area contributed by atoms with Crippen LogP contribution in [0.4, 0.5) is 4.39 Å². The molecule has 0 N–H and O–H groups in total. The van der Waals surface area contributed by atoms with Crippen LogP contribution in [-0.2, 0) is 11.3 Å². The molecule has 3 nitrogen and oxygen atoms in total. The molecule has 1 amide bonds. The molecule has 0 radical (unpaired) electrons. The zero-order valence-electron chi connectivity index (χ0n) is 9.27. The van der Waals surface area contributed by atoms with E-state index in [-0.39, 0.29) is 18.3 Å². The fourth-order valence-corrected chi connectivity index (χ4v) is 1.61. The summed E-state index contributed by atoms with van der Waals surface area (Å²) in [7, 11) is 3.41. The zero-order chi connectivity index (χ0) is 11.7. The highest BCUT2D eigenvalue weighted by Crippen LogP contribution is 2.18. The Labute approximate surface area is 93.1 Å². The predicted octanol–water partition coefficient (Wildman–Crippen LogP) is 1.87. The molecule has 0 aliphatic heterocycles. The second-order valence-corrected chi connectivity index (χ2v) is 3.90. The van der Waals surface area contributed by atoms with Crippen molar-refractivity contribution in [3.8, 4) is 0 Å². The maximum Gasteiger partial charge on any atom is 0.241 e. The number of benzene rings is 1. The summed E-state index contributed by atoms with van der Waals surface area (Å²) in [6.07, 6.45) is 1.73. The molecular formula is C12H13FN2O. The number of rotatable bonds is 2. The van der Waals surface area contributed by atoms with Crippen molar-refractivity contribution in [3.05, 3.63) is 36.3 Å². The SMILES string of the molecule is CN(C)C(=O)Cn1ccc2c(F)cccc21. The summed E-state index contributed by atoms with van der Waals surface area (Å²) in [5.41, 5.74) is 0.746. The van der Waals surface area contributed by atoms with Gasteiger partial charge in [0.25, 0.3) is 0 Å². The Morgan fingerprint density at radius 1 is 1.38 bits per heavy atom. The van der Waals surface area contributed by atoms with Gasteiger partial charge in [-0.15, -0.1) is 0 Å². The summed E-state index contributed by atoms with van der Waals surface area (Å²) in [5.74, 6) is -0.268. The molecule has 2 aromatic rings. The molecule has 0 saturated heterocycles. The fourth-order valence-electron chi connectivity index (χ4n) is 1.61. The summed E-state index contributed by atoms with van der Waals surface area (Å²) in [6.45, 7) is 0.236. The molecule has 0 aliphatic carbocycles. The summed E-state index contributed by atoms with van der Waals surface area (Å²) >= 11 is 0. The first-order valence-corrected chi connectivity index (χ1v) is 5.03. The Balaban J connectivity index is 2.39. The topological polar surface area (TPSA) is 25.2 Å². The molecule has 1 heterocycles. The van der Waals surface area contributed by atoms with E-state index < -0.39 is 0 Å². The number of fused-ring (bicyclic) bond motifs is 1. The first-order valence-electron chi connectivity index (χ1n) is 5.03. The highest BCUT2D eigenvalue weighted by Gasteiger charge is 2.09. The van der Waals surface area contributed by atoms with Crippen LogP contribution in [-0.4, -0.2) is 29.5 Å².